The highest BCUT2D eigenvalue weighted by molar-refractivity contribution is 14.2. The summed E-state index contributed by atoms with van der Waals surface area (Å²) in [6.07, 6.45) is 0. The van der Waals surface area contributed by atoms with Gasteiger partial charge in [-0.2, -0.15) is 0 Å². The lowest BCUT2D eigenvalue weighted by Gasteiger charge is -1.96. The van der Waals surface area contributed by atoms with E-state index in [1.54, 1.807) is 24.3 Å². The first kappa shape index (κ1) is 14.0. The number of hydrogen-bond donors (Lipinski definition) is 1. The van der Waals surface area contributed by atoms with Crippen molar-refractivity contribution in [3.05, 3.63) is 86.6 Å². The molecule has 0 unspecified atom stereocenters. The molecule has 21 heavy (non-hydrogen) atoms. The molecule has 0 aliphatic carbocycles. The summed E-state index contributed by atoms with van der Waals surface area (Å²) in [6, 6.07) is 14.7. The van der Waals surface area contributed by atoms with Crippen LogP contribution in [-0.4, -0.2) is 0 Å². The van der Waals surface area contributed by atoms with Crippen molar-refractivity contribution < 1.29 is 0 Å². The zero-order valence-corrected chi connectivity index (χ0v) is 13.5. The van der Waals surface area contributed by atoms with Crippen LogP contribution in [0.25, 0.3) is 10.8 Å². The van der Waals surface area contributed by atoms with E-state index in [4.69, 9.17) is 5.41 Å². The third kappa shape index (κ3) is 2.51. The summed E-state index contributed by atoms with van der Waals surface area (Å²) in [5, 5.41) is 8.67. The smallest absolute Gasteiger partial charge is 0.212 e. The molecule has 0 aromatic heterocycles. The first-order valence-electron chi connectivity index (χ1n) is 6.43. The van der Waals surface area contributed by atoms with Gasteiger partial charge in [-0.05, 0) is 19.1 Å². The van der Waals surface area contributed by atoms with Crippen molar-refractivity contribution in [1.29, 1.82) is 5.41 Å². The summed E-state index contributed by atoms with van der Waals surface area (Å²) in [7, 11) is 0. The normalized spacial score (nSPS) is 12.3. The molecule has 0 aliphatic rings. The van der Waals surface area contributed by atoms with E-state index in [0.717, 1.165) is 9.13 Å². The maximum Gasteiger partial charge on any atom is 0.212 e. The number of aryl methyl sites for hydroxylation is 1. The Kier molecular flexibility index (Phi) is 3.63. The average Bonchev–Trinajstić information content (AvgIpc) is 2.51. The highest BCUT2D eigenvalue weighted by atomic mass is 127. The quantitative estimate of drug-likeness (QED) is 0.651. The molecule has 0 aliphatic heterocycles. The lowest BCUT2D eigenvalue weighted by Crippen LogP contribution is -2.30. The Morgan fingerprint density at radius 1 is 0.857 bits per heavy atom. The molecule has 3 aromatic carbocycles. The topological polar surface area (TPSA) is 58.0 Å². The van der Waals surface area contributed by atoms with Gasteiger partial charge >= 0.3 is 0 Å². The van der Waals surface area contributed by atoms with Crippen molar-refractivity contribution in [1.82, 2.24) is 0 Å². The molecular formula is C17H12INO2. The molecule has 4 heteroatoms. The second-order valence-corrected chi connectivity index (χ2v) is 7.65. The number of nitrogens with one attached hydrogen (secondary N) is 1. The molecule has 0 bridgehead atoms. The van der Waals surface area contributed by atoms with E-state index < -0.39 is 20.7 Å². The van der Waals surface area contributed by atoms with Gasteiger partial charge in [0.1, 0.15) is 5.36 Å². The van der Waals surface area contributed by atoms with Gasteiger partial charge in [0.05, 0.1) is 3.15 Å². The fraction of sp³-hybridized carbons (Fsp3) is 0.0588. The summed E-state index contributed by atoms with van der Waals surface area (Å²) in [5.41, 5.74) is 0.648. The van der Waals surface area contributed by atoms with Crippen molar-refractivity contribution in [2.75, 3.05) is 0 Å². The Morgan fingerprint density at radius 2 is 1.43 bits per heavy atom. The number of fused-ring (bicyclic) bond motifs is 1. The second kappa shape index (κ2) is 5.44. The van der Waals surface area contributed by atoms with E-state index in [9.17, 15) is 9.59 Å². The minimum absolute atomic E-state index is 0.132. The van der Waals surface area contributed by atoms with Crippen molar-refractivity contribution in [3.63, 3.8) is 0 Å². The Hall–Kier alpha value is -1.95. The van der Waals surface area contributed by atoms with Crippen LogP contribution in [0, 0.1) is 19.1 Å². The Balaban J connectivity index is 2.44. The van der Waals surface area contributed by atoms with Crippen LogP contribution >= 0.6 is 20.7 Å². The Bertz CT molecular complexity index is 1040. The third-order valence-corrected chi connectivity index (χ3v) is 6.19. The lowest BCUT2D eigenvalue weighted by atomic mass is 10.1. The van der Waals surface area contributed by atoms with Crippen LogP contribution in [0.5, 0.6) is 0 Å². The molecule has 0 saturated carbocycles. The van der Waals surface area contributed by atoms with Crippen LogP contribution in [0.4, 0.5) is 0 Å². The number of benzene rings is 3. The van der Waals surface area contributed by atoms with Gasteiger partial charge < -0.3 is 0 Å². The maximum atomic E-state index is 12.5. The van der Waals surface area contributed by atoms with Crippen LogP contribution in [0.15, 0.2) is 58.1 Å². The molecule has 3 nitrogen and oxygen atoms in total. The van der Waals surface area contributed by atoms with E-state index in [2.05, 4.69) is 0 Å². The number of halogens is 1. The minimum atomic E-state index is -0.819. The Labute approximate surface area is 130 Å². The van der Waals surface area contributed by atoms with E-state index >= 15 is 0 Å². The maximum absolute atomic E-state index is 12.5. The van der Waals surface area contributed by atoms with Crippen LogP contribution in [0.3, 0.4) is 0 Å². The monoisotopic (exact) mass is 389 g/mol. The van der Waals surface area contributed by atoms with Gasteiger partial charge in [-0.25, -0.2) is 0 Å². The summed E-state index contributed by atoms with van der Waals surface area (Å²) in [5.74, 6) is 0. The average molecular weight is 389 g/mol. The summed E-state index contributed by atoms with van der Waals surface area (Å²) in [6.45, 7) is 2.00. The first-order chi connectivity index (χ1) is 10.1. The van der Waals surface area contributed by atoms with E-state index in [0.29, 0.717) is 13.9 Å². The summed E-state index contributed by atoms with van der Waals surface area (Å²) < 4.78 is 1.43. The summed E-state index contributed by atoms with van der Waals surface area (Å²) >= 11 is -0.819. The number of hydrogen-bond acceptors (Lipinski definition) is 3. The van der Waals surface area contributed by atoms with Gasteiger partial charge in [-0.15, -0.1) is 0 Å². The van der Waals surface area contributed by atoms with Crippen LogP contribution in [-0.2, 0) is 0 Å². The van der Waals surface area contributed by atoms with E-state index in [-0.39, 0.29) is 16.2 Å². The van der Waals surface area contributed by atoms with E-state index in [1.165, 1.54) is 0 Å². The second-order valence-electron chi connectivity index (χ2n) is 4.78. The zero-order valence-electron chi connectivity index (χ0n) is 11.3. The molecule has 0 heterocycles. The fourth-order valence-electron chi connectivity index (χ4n) is 2.14. The fourth-order valence-corrected chi connectivity index (χ4v) is 4.53. The molecule has 0 spiro atoms. The van der Waals surface area contributed by atoms with Crippen molar-refractivity contribution in [2.45, 2.75) is 6.92 Å². The van der Waals surface area contributed by atoms with Gasteiger partial charge in [0.15, 0.2) is 0 Å². The van der Waals surface area contributed by atoms with Gasteiger partial charge in [-0.3, -0.25) is 15.0 Å². The first-order valence-corrected chi connectivity index (χ1v) is 8.59. The van der Waals surface area contributed by atoms with Gasteiger partial charge in [-0.1, -0.05) is 62.7 Å². The van der Waals surface area contributed by atoms with Crippen LogP contribution in [0.1, 0.15) is 5.56 Å². The predicted octanol–water partition coefficient (Wildman–Crippen LogP) is 2.60. The standard InChI is InChI=1S/C17H12INO2/c1-10-6-8-11(9-7-10)18-14-15(19)17(21)13-5-3-2-4-12(13)16(14)20/h2-9,19H,1H3. The number of rotatable bonds is 1. The Morgan fingerprint density at radius 3 is 2.05 bits per heavy atom. The SMILES string of the molecule is Cc1ccc(I=c2c(=N)c(=O)c3ccccc3c2=O)cc1. The molecule has 0 saturated heterocycles. The minimum Gasteiger partial charge on any atom is -0.296 e. The molecule has 0 amide bonds. The predicted molar refractivity (Wildman–Crippen MR) is 91.9 cm³/mol. The molecule has 3 rings (SSSR count). The zero-order chi connectivity index (χ0) is 15.0. The molecule has 0 atom stereocenters. The highest BCUT2D eigenvalue weighted by Crippen LogP contribution is 2.14. The van der Waals surface area contributed by atoms with Crippen molar-refractivity contribution in [2.24, 2.45) is 0 Å². The van der Waals surface area contributed by atoms with Crippen LogP contribution < -0.4 is 16.2 Å². The third-order valence-electron chi connectivity index (χ3n) is 3.28. The molecule has 3 aromatic rings. The highest BCUT2D eigenvalue weighted by Gasteiger charge is 2.07. The van der Waals surface area contributed by atoms with Crippen LogP contribution in [0.2, 0.25) is 0 Å². The molecule has 1 N–H and O–H groups in total. The molecule has 0 fully saturated rings. The molecular weight excluding hydrogens is 377 g/mol. The molecule has 104 valence electrons. The molecule has 0 radical (unpaired) electrons. The largest absolute Gasteiger partial charge is 0.296 e. The van der Waals surface area contributed by atoms with Gasteiger partial charge in [0.2, 0.25) is 10.9 Å². The van der Waals surface area contributed by atoms with E-state index in [1.807, 2.05) is 31.2 Å². The van der Waals surface area contributed by atoms with Gasteiger partial charge in [0, 0.05) is 14.3 Å². The summed E-state index contributed by atoms with van der Waals surface area (Å²) in [4.78, 5) is 24.8. The lowest BCUT2D eigenvalue weighted by molar-refractivity contribution is 1.23. The van der Waals surface area contributed by atoms with Gasteiger partial charge in [0.25, 0.3) is 0 Å². The van der Waals surface area contributed by atoms with Crippen molar-refractivity contribution >= 4 is 31.5 Å². The van der Waals surface area contributed by atoms with Crippen molar-refractivity contribution in [3.8, 4) is 0 Å².